The van der Waals surface area contributed by atoms with Gasteiger partial charge in [-0.05, 0) is 63.9 Å². The number of carbonyl (C=O) groups is 1. The number of aryl methyl sites for hydroxylation is 1. The van der Waals surface area contributed by atoms with Crippen LogP contribution in [0.2, 0.25) is 0 Å². The van der Waals surface area contributed by atoms with E-state index < -0.39 is 0 Å². The first-order chi connectivity index (χ1) is 17.9. The number of halogens is 1. The van der Waals surface area contributed by atoms with Gasteiger partial charge < -0.3 is 24.3 Å². The highest BCUT2D eigenvalue weighted by molar-refractivity contribution is 5.87. The Bertz CT molecular complexity index is 1130. The number of para-hydroxylation sites is 1. The molecule has 1 amide bonds. The molecular weight excluding hydrogens is 471 g/mol. The number of aromatic nitrogens is 2. The number of benzene rings is 1. The lowest BCUT2D eigenvalue weighted by molar-refractivity contribution is -0.126. The average Bonchev–Trinajstić information content (AvgIpc) is 3.19. The van der Waals surface area contributed by atoms with Crippen molar-refractivity contribution in [2.75, 3.05) is 62.7 Å². The first kappa shape index (κ1) is 25.4. The van der Waals surface area contributed by atoms with Gasteiger partial charge in [-0.1, -0.05) is 18.7 Å². The molecule has 4 heterocycles. The Balaban J connectivity index is 1.45. The van der Waals surface area contributed by atoms with Crippen molar-refractivity contribution in [3.05, 3.63) is 53.5 Å². The van der Waals surface area contributed by atoms with E-state index in [4.69, 9.17) is 14.7 Å². The van der Waals surface area contributed by atoms with Crippen molar-refractivity contribution in [1.29, 1.82) is 0 Å². The average molecular weight is 509 g/mol. The van der Waals surface area contributed by atoms with Gasteiger partial charge >= 0.3 is 6.01 Å². The summed E-state index contributed by atoms with van der Waals surface area (Å²) in [5, 5.41) is 0. The van der Waals surface area contributed by atoms with Crippen LogP contribution < -0.4 is 14.5 Å². The monoisotopic (exact) mass is 508 g/mol. The molecule has 5 rings (SSSR count). The minimum absolute atomic E-state index is 0.0400. The first-order valence-corrected chi connectivity index (χ1v) is 13.3. The van der Waals surface area contributed by atoms with Crippen molar-refractivity contribution in [1.82, 2.24) is 19.8 Å². The Kier molecular flexibility index (Phi) is 7.60. The number of anilines is 2. The minimum atomic E-state index is -0.207. The molecule has 2 fully saturated rings. The van der Waals surface area contributed by atoms with Crippen LogP contribution in [-0.4, -0.2) is 84.6 Å². The van der Waals surface area contributed by atoms with Crippen LogP contribution >= 0.6 is 0 Å². The number of ether oxygens (including phenoxy) is 1. The summed E-state index contributed by atoms with van der Waals surface area (Å²) in [5.74, 6) is 0.640. The molecule has 0 aliphatic carbocycles. The number of likely N-dealkylation sites (N-methyl/N-ethyl adjacent to an activating group) is 1. The summed E-state index contributed by atoms with van der Waals surface area (Å²) in [6.45, 7) is 11.0. The third kappa shape index (κ3) is 5.42. The summed E-state index contributed by atoms with van der Waals surface area (Å²) in [5.41, 5.74) is 3.55. The van der Waals surface area contributed by atoms with Gasteiger partial charge in [-0.25, -0.2) is 4.39 Å². The highest BCUT2D eigenvalue weighted by Crippen LogP contribution is 2.33. The molecule has 0 unspecified atom stereocenters. The molecule has 0 saturated carbocycles. The zero-order chi connectivity index (χ0) is 25.9. The normalized spacial score (nSPS) is 20.5. The van der Waals surface area contributed by atoms with Crippen LogP contribution in [0.4, 0.5) is 15.9 Å². The molecule has 0 N–H and O–H groups in total. The number of piperazine rings is 1. The van der Waals surface area contributed by atoms with Gasteiger partial charge in [-0.2, -0.15) is 9.97 Å². The molecule has 3 aliphatic heterocycles. The zero-order valence-electron chi connectivity index (χ0n) is 22.0. The van der Waals surface area contributed by atoms with Crippen LogP contribution in [0.25, 0.3) is 0 Å². The van der Waals surface area contributed by atoms with Gasteiger partial charge in [0.05, 0.1) is 17.9 Å². The van der Waals surface area contributed by atoms with Gasteiger partial charge in [0.15, 0.2) is 0 Å². The molecule has 37 heavy (non-hydrogen) atoms. The lowest BCUT2D eigenvalue weighted by Crippen LogP contribution is -2.49. The molecule has 0 radical (unpaired) electrons. The van der Waals surface area contributed by atoms with Gasteiger partial charge in [0.1, 0.15) is 18.2 Å². The van der Waals surface area contributed by atoms with Gasteiger partial charge in [0.2, 0.25) is 5.91 Å². The Labute approximate surface area is 218 Å². The SMILES string of the molecule is C=CC(=O)N1CCN(c2nc(OC[C@@H]3CCCN3C)nc3c2CCCN(c2c(C)cccc2F)C3)CC1. The van der Waals surface area contributed by atoms with E-state index in [1.807, 2.05) is 17.9 Å². The molecule has 198 valence electrons. The summed E-state index contributed by atoms with van der Waals surface area (Å²) >= 11 is 0. The van der Waals surface area contributed by atoms with Crippen LogP contribution in [0.3, 0.4) is 0 Å². The lowest BCUT2D eigenvalue weighted by atomic mass is 10.1. The van der Waals surface area contributed by atoms with Crippen LogP contribution in [-0.2, 0) is 17.8 Å². The number of amides is 1. The predicted octanol–water partition coefficient (Wildman–Crippen LogP) is 3.18. The standard InChI is InChI=1S/C28H37FN6O2/c1-4-25(36)33-14-16-34(17-15-33)27-22-10-7-13-35(26-20(2)8-5-11-23(26)29)18-24(22)30-28(31-27)37-19-21-9-6-12-32(21)3/h4-5,8,11,21H,1,6-7,9-10,12-19H2,2-3H3/t21-/m0/s1. The van der Waals surface area contributed by atoms with E-state index >= 15 is 0 Å². The van der Waals surface area contributed by atoms with Crippen molar-refractivity contribution in [2.45, 2.75) is 45.2 Å². The van der Waals surface area contributed by atoms with E-state index in [-0.39, 0.29) is 11.7 Å². The predicted molar refractivity (Wildman–Crippen MR) is 143 cm³/mol. The minimum Gasteiger partial charge on any atom is -0.462 e. The molecule has 1 atom stereocenters. The third-order valence-corrected chi connectivity index (χ3v) is 7.89. The van der Waals surface area contributed by atoms with Crippen molar-refractivity contribution in [2.24, 2.45) is 0 Å². The molecule has 1 aromatic heterocycles. The van der Waals surface area contributed by atoms with E-state index in [1.165, 1.54) is 18.6 Å². The fourth-order valence-corrected chi connectivity index (χ4v) is 5.76. The Morgan fingerprint density at radius 3 is 2.65 bits per heavy atom. The Morgan fingerprint density at radius 1 is 1.14 bits per heavy atom. The maximum absolute atomic E-state index is 14.9. The first-order valence-electron chi connectivity index (χ1n) is 13.3. The summed E-state index contributed by atoms with van der Waals surface area (Å²) in [4.78, 5) is 30.4. The fourth-order valence-electron chi connectivity index (χ4n) is 5.76. The molecule has 9 heteroatoms. The fraction of sp³-hybridized carbons (Fsp3) is 0.536. The van der Waals surface area contributed by atoms with Crippen molar-refractivity contribution >= 4 is 17.4 Å². The second kappa shape index (κ2) is 11.0. The number of hydrogen-bond acceptors (Lipinski definition) is 7. The number of rotatable bonds is 6. The van der Waals surface area contributed by atoms with Crippen LogP contribution in [0, 0.1) is 12.7 Å². The highest BCUT2D eigenvalue weighted by Gasteiger charge is 2.29. The molecule has 0 spiro atoms. The Morgan fingerprint density at radius 2 is 1.95 bits per heavy atom. The molecular formula is C28H37FN6O2. The van der Waals surface area contributed by atoms with Gasteiger partial charge in [0, 0.05) is 44.3 Å². The van der Waals surface area contributed by atoms with Crippen LogP contribution in [0.15, 0.2) is 30.9 Å². The molecule has 3 aliphatic rings. The summed E-state index contributed by atoms with van der Waals surface area (Å²) in [6.07, 6.45) is 5.34. The van der Waals surface area contributed by atoms with E-state index in [0.29, 0.717) is 57.1 Å². The van der Waals surface area contributed by atoms with Crippen molar-refractivity contribution in [3.63, 3.8) is 0 Å². The number of carbonyl (C=O) groups excluding carboxylic acids is 1. The summed E-state index contributed by atoms with van der Waals surface area (Å²) < 4.78 is 21.1. The molecule has 0 bridgehead atoms. The Hall–Kier alpha value is -3.20. The van der Waals surface area contributed by atoms with Gasteiger partial charge in [-0.15, -0.1) is 0 Å². The van der Waals surface area contributed by atoms with Gasteiger partial charge in [-0.3, -0.25) is 4.79 Å². The smallest absolute Gasteiger partial charge is 0.318 e. The van der Waals surface area contributed by atoms with E-state index in [9.17, 15) is 9.18 Å². The maximum atomic E-state index is 14.9. The number of fused-ring (bicyclic) bond motifs is 1. The largest absolute Gasteiger partial charge is 0.462 e. The van der Waals surface area contributed by atoms with Crippen LogP contribution in [0.5, 0.6) is 6.01 Å². The highest BCUT2D eigenvalue weighted by atomic mass is 19.1. The zero-order valence-corrected chi connectivity index (χ0v) is 22.0. The molecule has 2 saturated heterocycles. The van der Waals surface area contributed by atoms with E-state index in [1.54, 1.807) is 6.07 Å². The molecule has 8 nitrogen and oxygen atoms in total. The molecule has 1 aromatic carbocycles. The third-order valence-electron chi connectivity index (χ3n) is 7.89. The maximum Gasteiger partial charge on any atom is 0.318 e. The number of nitrogens with zero attached hydrogens (tertiary/aromatic N) is 6. The number of hydrogen-bond donors (Lipinski definition) is 0. The topological polar surface area (TPSA) is 65.0 Å². The quantitative estimate of drug-likeness (QED) is 0.556. The second-order valence-electron chi connectivity index (χ2n) is 10.3. The second-order valence-corrected chi connectivity index (χ2v) is 10.3. The van der Waals surface area contributed by atoms with E-state index in [2.05, 4.69) is 28.3 Å². The van der Waals surface area contributed by atoms with Crippen molar-refractivity contribution < 1.29 is 13.9 Å². The molecule has 2 aromatic rings. The van der Waals surface area contributed by atoms with Gasteiger partial charge in [0.25, 0.3) is 0 Å². The van der Waals surface area contributed by atoms with E-state index in [0.717, 1.165) is 55.0 Å². The summed E-state index contributed by atoms with van der Waals surface area (Å²) in [7, 11) is 2.13. The lowest BCUT2D eigenvalue weighted by Gasteiger charge is -2.36. The van der Waals surface area contributed by atoms with Crippen molar-refractivity contribution in [3.8, 4) is 6.01 Å². The summed E-state index contributed by atoms with van der Waals surface area (Å²) in [6, 6.07) is 5.97. The van der Waals surface area contributed by atoms with Crippen LogP contribution in [0.1, 0.15) is 36.1 Å². The number of likely N-dealkylation sites (tertiary alicyclic amines) is 1.